The Balaban J connectivity index is 0.00000242. The highest BCUT2D eigenvalue weighted by atomic mass is 35.5. The zero-order valence-corrected chi connectivity index (χ0v) is 14.5. The lowest BCUT2D eigenvalue weighted by atomic mass is 10.3. The summed E-state index contributed by atoms with van der Waals surface area (Å²) in [5.74, 6) is 1.16. The first-order valence-corrected chi connectivity index (χ1v) is 7.61. The van der Waals surface area contributed by atoms with Crippen LogP contribution < -0.4 is 15.0 Å². The molecule has 126 valence electrons. The van der Waals surface area contributed by atoms with Crippen molar-refractivity contribution in [1.29, 1.82) is 0 Å². The number of hydrogen-bond donors (Lipinski definition) is 2. The van der Waals surface area contributed by atoms with Crippen molar-refractivity contribution in [1.82, 2.24) is 14.1 Å². The first kappa shape index (κ1) is 18.9. The quantitative estimate of drug-likeness (QED) is 0.346. The zero-order valence-electron chi connectivity index (χ0n) is 12.9. The van der Waals surface area contributed by atoms with Gasteiger partial charge in [0.1, 0.15) is 5.71 Å². The minimum absolute atomic E-state index is 0. The molecule has 8 nitrogen and oxygen atoms in total. The van der Waals surface area contributed by atoms with Crippen LogP contribution in [-0.2, 0) is 4.74 Å². The van der Waals surface area contributed by atoms with Gasteiger partial charge in [0.15, 0.2) is 6.23 Å². The average molecular weight is 352 g/mol. The number of morpholine rings is 1. The molecule has 0 spiro atoms. The fourth-order valence-corrected chi connectivity index (χ4v) is 2.44. The van der Waals surface area contributed by atoms with Gasteiger partial charge in [0, 0.05) is 19.1 Å². The predicted octanol–water partition coefficient (Wildman–Crippen LogP) is 1.35. The average Bonchev–Trinajstić information content (AvgIpc) is 2.94. The van der Waals surface area contributed by atoms with Gasteiger partial charge in [0.2, 0.25) is 5.82 Å². The van der Waals surface area contributed by atoms with E-state index in [1.807, 2.05) is 13.8 Å². The number of nitrogens with one attached hydrogen (secondary N) is 1. The largest absolute Gasteiger partial charge is 0.449 e. The van der Waals surface area contributed by atoms with Crippen molar-refractivity contribution in [2.75, 3.05) is 31.2 Å². The van der Waals surface area contributed by atoms with E-state index in [1.54, 1.807) is 6.92 Å². The molecule has 1 saturated heterocycles. The van der Waals surface area contributed by atoms with Crippen LogP contribution >= 0.6 is 24.1 Å². The molecule has 2 rings (SSSR count). The number of aromatic nitrogens is 2. The van der Waals surface area contributed by atoms with Gasteiger partial charge in [-0.1, -0.05) is 5.16 Å². The van der Waals surface area contributed by atoms with Crippen molar-refractivity contribution >= 4 is 35.7 Å². The lowest BCUT2D eigenvalue weighted by molar-refractivity contribution is 0.121. The van der Waals surface area contributed by atoms with Gasteiger partial charge in [0.05, 0.1) is 24.9 Å². The van der Waals surface area contributed by atoms with Gasteiger partial charge in [-0.3, -0.25) is 5.32 Å². The maximum atomic E-state index is 8.97. The number of ether oxygens (including phenoxy) is 2. The van der Waals surface area contributed by atoms with E-state index >= 15 is 0 Å². The van der Waals surface area contributed by atoms with Crippen LogP contribution in [0.4, 0.5) is 5.82 Å². The molecular weight excluding hydrogens is 330 g/mol. The lowest BCUT2D eigenvalue weighted by Gasteiger charge is -2.28. The third kappa shape index (κ3) is 4.94. The first-order chi connectivity index (χ1) is 10.1. The summed E-state index contributed by atoms with van der Waals surface area (Å²) < 4.78 is 19.7. The van der Waals surface area contributed by atoms with Crippen LogP contribution in [0.1, 0.15) is 20.8 Å². The molecule has 2 heterocycles. The van der Waals surface area contributed by atoms with Crippen molar-refractivity contribution in [3.8, 4) is 5.88 Å². The zero-order chi connectivity index (χ0) is 15.2. The van der Waals surface area contributed by atoms with Gasteiger partial charge in [-0.25, -0.2) is 0 Å². The minimum Gasteiger partial charge on any atom is -0.449 e. The molecule has 1 aliphatic heterocycles. The second-order valence-corrected chi connectivity index (χ2v) is 5.58. The highest BCUT2D eigenvalue weighted by Gasteiger charge is 2.24. The normalized spacial score (nSPS) is 17.3. The Morgan fingerprint density at radius 2 is 2.09 bits per heavy atom. The molecule has 0 aliphatic carbocycles. The molecule has 22 heavy (non-hydrogen) atoms. The standard InChI is InChI=1S/C12H21N5O3S.ClH/c1-8(2)13-11(9(3)14-18)20-12-10(15-21-16-12)17-4-6-19-7-5-17;/h8,11,13,18H,4-7H2,1-3H3;1H. The first-order valence-electron chi connectivity index (χ1n) is 6.88. The highest BCUT2D eigenvalue weighted by molar-refractivity contribution is 6.99. The maximum Gasteiger partial charge on any atom is 0.272 e. The number of oxime groups is 1. The van der Waals surface area contributed by atoms with Crippen LogP contribution in [-0.4, -0.2) is 58.2 Å². The SMILES string of the molecule is CC(=NO)C(NC(C)C)Oc1nsnc1N1CCOCC1.Cl. The molecule has 2 N–H and O–H groups in total. The summed E-state index contributed by atoms with van der Waals surface area (Å²) in [6.07, 6.45) is -0.543. The van der Waals surface area contributed by atoms with Crippen molar-refractivity contribution in [2.45, 2.75) is 33.0 Å². The van der Waals surface area contributed by atoms with E-state index in [4.69, 9.17) is 14.7 Å². The molecule has 1 fully saturated rings. The summed E-state index contributed by atoms with van der Waals surface area (Å²) >= 11 is 1.10. The lowest BCUT2D eigenvalue weighted by Crippen LogP contribution is -2.44. The summed E-state index contributed by atoms with van der Waals surface area (Å²) in [5, 5.41) is 15.4. The third-order valence-electron chi connectivity index (χ3n) is 3.00. The molecular formula is C12H22ClN5O3S. The molecule has 1 aromatic rings. The Labute approximate surface area is 140 Å². The van der Waals surface area contributed by atoms with E-state index < -0.39 is 6.23 Å². The van der Waals surface area contributed by atoms with Crippen molar-refractivity contribution in [3.05, 3.63) is 0 Å². The smallest absolute Gasteiger partial charge is 0.272 e. The summed E-state index contributed by atoms with van der Waals surface area (Å²) in [6, 6.07) is 0.171. The molecule has 1 unspecified atom stereocenters. The fraction of sp³-hybridized carbons (Fsp3) is 0.750. The van der Waals surface area contributed by atoms with E-state index in [9.17, 15) is 0 Å². The van der Waals surface area contributed by atoms with E-state index in [0.717, 1.165) is 24.8 Å². The number of nitrogens with zero attached hydrogens (tertiary/aromatic N) is 4. The van der Waals surface area contributed by atoms with E-state index in [1.165, 1.54) is 0 Å². The van der Waals surface area contributed by atoms with Gasteiger partial charge >= 0.3 is 0 Å². The van der Waals surface area contributed by atoms with Gasteiger partial charge in [0.25, 0.3) is 5.88 Å². The third-order valence-corrected chi connectivity index (χ3v) is 3.51. The molecule has 0 radical (unpaired) electrons. The molecule has 0 aromatic carbocycles. The topological polar surface area (TPSA) is 92.1 Å². The Hall–Kier alpha value is -1.16. The van der Waals surface area contributed by atoms with Gasteiger partial charge in [-0.05, 0) is 20.8 Å². The van der Waals surface area contributed by atoms with Crippen molar-refractivity contribution < 1.29 is 14.7 Å². The van der Waals surface area contributed by atoms with Crippen LogP contribution in [0.5, 0.6) is 5.88 Å². The summed E-state index contributed by atoms with van der Waals surface area (Å²) in [7, 11) is 0. The molecule has 1 atom stereocenters. The van der Waals surface area contributed by atoms with E-state index in [2.05, 4.69) is 24.1 Å². The van der Waals surface area contributed by atoms with Crippen LogP contribution in [0.2, 0.25) is 0 Å². The van der Waals surface area contributed by atoms with Crippen molar-refractivity contribution in [2.24, 2.45) is 5.16 Å². The Morgan fingerprint density at radius 3 is 2.68 bits per heavy atom. The molecule has 10 heteroatoms. The second-order valence-electron chi connectivity index (χ2n) is 5.05. The van der Waals surface area contributed by atoms with E-state index in [0.29, 0.717) is 30.6 Å². The number of halogens is 1. The summed E-state index contributed by atoms with van der Waals surface area (Å²) in [6.45, 7) is 8.53. The Morgan fingerprint density at radius 1 is 1.41 bits per heavy atom. The second kappa shape index (κ2) is 9.09. The van der Waals surface area contributed by atoms with E-state index in [-0.39, 0.29) is 18.4 Å². The summed E-state index contributed by atoms with van der Waals surface area (Å²) in [5.41, 5.74) is 0.435. The Bertz CT molecular complexity index is 479. The van der Waals surface area contributed by atoms with Gasteiger partial charge in [-0.2, -0.15) is 4.37 Å². The van der Waals surface area contributed by atoms with Crippen LogP contribution in [0.25, 0.3) is 0 Å². The Kier molecular flexibility index (Phi) is 7.80. The van der Waals surface area contributed by atoms with Gasteiger partial charge < -0.3 is 19.6 Å². The van der Waals surface area contributed by atoms with Crippen molar-refractivity contribution in [3.63, 3.8) is 0 Å². The molecule has 1 aliphatic rings. The highest BCUT2D eigenvalue weighted by Crippen LogP contribution is 2.27. The molecule has 1 aromatic heterocycles. The van der Waals surface area contributed by atoms with Crippen LogP contribution in [0, 0.1) is 0 Å². The fourth-order valence-electron chi connectivity index (χ4n) is 1.93. The number of anilines is 1. The molecule has 0 bridgehead atoms. The predicted molar refractivity (Wildman–Crippen MR) is 87.8 cm³/mol. The summed E-state index contributed by atoms with van der Waals surface area (Å²) in [4.78, 5) is 2.08. The molecule has 0 amide bonds. The maximum absolute atomic E-state index is 8.97. The van der Waals surface area contributed by atoms with Crippen LogP contribution in [0.15, 0.2) is 5.16 Å². The number of rotatable bonds is 6. The molecule has 0 saturated carbocycles. The van der Waals surface area contributed by atoms with Gasteiger partial charge in [-0.15, -0.1) is 16.8 Å². The minimum atomic E-state index is -0.543. The number of hydrogen-bond acceptors (Lipinski definition) is 9. The van der Waals surface area contributed by atoms with Crippen LogP contribution in [0.3, 0.4) is 0 Å². The monoisotopic (exact) mass is 351 g/mol.